The Bertz CT molecular complexity index is 307. The third-order valence-electron chi connectivity index (χ3n) is 3.17. The molecule has 0 amide bonds. The second-order valence-corrected chi connectivity index (χ2v) is 4.30. The van der Waals surface area contributed by atoms with Gasteiger partial charge in [-0.15, -0.1) is 0 Å². The van der Waals surface area contributed by atoms with Crippen LogP contribution in [0.25, 0.3) is 0 Å². The van der Waals surface area contributed by atoms with Crippen molar-refractivity contribution in [2.24, 2.45) is 0 Å². The van der Waals surface area contributed by atoms with E-state index in [4.69, 9.17) is 4.74 Å². The fraction of sp³-hybridized carbons (Fsp3) is 0.538. The van der Waals surface area contributed by atoms with E-state index < -0.39 is 0 Å². The van der Waals surface area contributed by atoms with Gasteiger partial charge in [-0.25, -0.2) is 0 Å². The third-order valence-corrected chi connectivity index (χ3v) is 3.17. The molecule has 1 aliphatic heterocycles. The zero-order chi connectivity index (χ0) is 10.7. The summed E-state index contributed by atoms with van der Waals surface area (Å²) in [5.41, 5.74) is 2.69. The average Bonchev–Trinajstić information content (AvgIpc) is 2.30. The van der Waals surface area contributed by atoms with E-state index >= 15 is 0 Å². The first-order valence-corrected chi connectivity index (χ1v) is 5.62. The second kappa shape index (κ2) is 4.77. The highest BCUT2D eigenvalue weighted by atomic mass is 16.5. The molecule has 1 fully saturated rings. The SMILES string of the molecule is COC1CCNC(c2ccc(C)cc2)C1. The van der Waals surface area contributed by atoms with Gasteiger partial charge < -0.3 is 10.1 Å². The van der Waals surface area contributed by atoms with Crippen LogP contribution in [0.15, 0.2) is 24.3 Å². The van der Waals surface area contributed by atoms with Crippen molar-refractivity contribution in [1.29, 1.82) is 0 Å². The molecule has 1 heterocycles. The Morgan fingerprint density at radius 2 is 2.00 bits per heavy atom. The van der Waals surface area contributed by atoms with Gasteiger partial charge in [0, 0.05) is 13.2 Å². The molecule has 1 N–H and O–H groups in total. The molecule has 2 nitrogen and oxygen atoms in total. The first-order chi connectivity index (χ1) is 7.29. The van der Waals surface area contributed by atoms with Crippen molar-refractivity contribution in [3.63, 3.8) is 0 Å². The van der Waals surface area contributed by atoms with Gasteiger partial charge in [-0.05, 0) is 31.9 Å². The number of hydrogen-bond donors (Lipinski definition) is 1. The molecule has 1 aromatic carbocycles. The summed E-state index contributed by atoms with van der Waals surface area (Å²) in [5.74, 6) is 0. The largest absolute Gasteiger partial charge is 0.381 e. The number of nitrogens with one attached hydrogen (secondary N) is 1. The maximum Gasteiger partial charge on any atom is 0.0601 e. The van der Waals surface area contributed by atoms with Gasteiger partial charge >= 0.3 is 0 Å². The predicted molar refractivity (Wildman–Crippen MR) is 62.0 cm³/mol. The lowest BCUT2D eigenvalue weighted by Crippen LogP contribution is -2.35. The van der Waals surface area contributed by atoms with Gasteiger partial charge in [0.25, 0.3) is 0 Å². The molecule has 2 unspecified atom stereocenters. The average molecular weight is 205 g/mol. The lowest BCUT2D eigenvalue weighted by Gasteiger charge is -2.29. The van der Waals surface area contributed by atoms with Gasteiger partial charge in [-0.3, -0.25) is 0 Å². The maximum absolute atomic E-state index is 5.43. The second-order valence-electron chi connectivity index (χ2n) is 4.30. The van der Waals surface area contributed by atoms with E-state index in [9.17, 15) is 0 Å². The molecule has 1 aromatic rings. The Morgan fingerprint density at radius 1 is 1.27 bits per heavy atom. The predicted octanol–water partition coefficient (Wildman–Crippen LogP) is 2.43. The summed E-state index contributed by atoms with van der Waals surface area (Å²) in [6, 6.07) is 9.24. The standard InChI is InChI=1S/C13H19NO/c1-10-3-5-11(6-4-10)13-9-12(15-2)7-8-14-13/h3-6,12-14H,7-9H2,1-2H3. The van der Waals surface area contributed by atoms with Crippen LogP contribution in [-0.4, -0.2) is 19.8 Å². The van der Waals surface area contributed by atoms with Crippen LogP contribution in [0.2, 0.25) is 0 Å². The van der Waals surface area contributed by atoms with Gasteiger partial charge in [-0.1, -0.05) is 29.8 Å². The van der Waals surface area contributed by atoms with E-state index in [1.54, 1.807) is 0 Å². The van der Waals surface area contributed by atoms with Crippen LogP contribution in [0, 0.1) is 6.92 Å². The molecule has 0 spiro atoms. The van der Waals surface area contributed by atoms with Crippen molar-refractivity contribution >= 4 is 0 Å². The Morgan fingerprint density at radius 3 is 2.67 bits per heavy atom. The van der Waals surface area contributed by atoms with Crippen LogP contribution < -0.4 is 5.32 Å². The van der Waals surface area contributed by atoms with Crippen molar-refractivity contribution in [2.75, 3.05) is 13.7 Å². The molecule has 2 rings (SSSR count). The van der Waals surface area contributed by atoms with Gasteiger partial charge in [0.05, 0.1) is 6.10 Å². The van der Waals surface area contributed by atoms with Crippen LogP contribution in [-0.2, 0) is 4.74 Å². The molecule has 2 atom stereocenters. The van der Waals surface area contributed by atoms with Crippen molar-refractivity contribution in [3.05, 3.63) is 35.4 Å². The van der Waals surface area contributed by atoms with E-state index in [2.05, 4.69) is 36.5 Å². The quantitative estimate of drug-likeness (QED) is 0.800. The molecule has 2 heteroatoms. The van der Waals surface area contributed by atoms with Crippen molar-refractivity contribution in [1.82, 2.24) is 5.32 Å². The Kier molecular flexibility index (Phi) is 3.39. The summed E-state index contributed by atoms with van der Waals surface area (Å²) in [6.07, 6.45) is 2.62. The minimum absolute atomic E-state index is 0.414. The number of methoxy groups -OCH3 is 1. The first kappa shape index (κ1) is 10.7. The number of piperidine rings is 1. The van der Waals surface area contributed by atoms with Crippen LogP contribution in [0.1, 0.15) is 30.0 Å². The lowest BCUT2D eigenvalue weighted by atomic mass is 9.95. The highest BCUT2D eigenvalue weighted by molar-refractivity contribution is 5.24. The Labute approximate surface area is 91.6 Å². The maximum atomic E-state index is 5.43. The summed E-state index contributed by atoms with van der Waals surface area (Å²) < 4.78 is 5.43. The van der Waals surface area contributed by atoms with Gasteiger partial charge in [-0.2, -0.15) is 0 Å². The first-order valence-electron chi connectivity index (χ1n) is 5.62. The van der Waals surface area contributed by atoms with E-state index in [1.165, 1.54) is 11.1 Å². The number of rotatable bonds is 2. The summed E-state index contributed by atoms with van der Waals surface area (Å²) in [6.45, 7) is 3.17. The third kappa shape index (κ3) is 2.58. The zero-order valence-electron chi connectivity index (χ0n) is 9.49. The monoisotopic (exact) mass is 205 g/mol. The van der Waals surface area contributed by atoms with E-state index in [0.29, 0.717) is 12.1 Å². The van der Waals surface area contributed by atoms with E-state index in [-0.39, 0.29) is 0 Å². The molecule has 15 heavy (non-hydrogen) atoms. The topological polar surface area (TPSA) is 21.3 Å². The number of ether oxygens (including phenoxy) is 1. The Balaban J connectivity index is 2.06. The van der Waals surface area contributed by atoms with E-state index in [1.807, 2.05) is 7.11 Å². The number of aryl methyl sites for hydroxylation is 1. The normalized spacial score (nSPS) is 26.5. The van der Waals surface area contributed by atoms with Crippen LogP contribution in [0.5, 0.6) is 0 Å². The molecule has 1 saturated heterocycles. The van der Waals surface area contributed by atoms with Crippen molar-refractivity contribution in [2.45, 2.75) is 31.9 Å². The van der Waals surface area contributed by atoms with Gasteiger partial charge in [0.1, 0.15) is 0 Å². The fourth-order valence-electron chi connectivity index (χ4n) is 2.15. The summed E-state index contributed by atoms with van der Waals surface area (Å²) in [4.78, 5) is 0. The molecule has 0 radical (unpaired) electrons. The smallest absolute Gasteiger partial charge is 0.0601 e. The molecular formula is C13H19NO. The summed E-state index contributed by atoms with van der Waals surface area (Å²) >= 11 is 0. The lowest BCUT2D eigenvalue weighted by molar-refractivity contribution is 0.0619. The molecular weight excluding hydrogens is 186 g/mol. The Hall–Kier alpha value is -0.860. The van der Waals surface area contributed by atoms with Crippen molar-refractivity contribution < 1.29 is 4.74 Å². The highest BCUT2D eigenvalue weighted by Crippen LogP contribution is 2.24. The van der Waals surface area contributed by atoms with Crippen LogP contribution >= 0.6 is 0 Å². The number of hydrogen-bond acceptors (Lipinski definition) is 2. The van der Waals surface area contributed by atoms with Crippen LogP contribution in [0.4, 0.5) is 0 Å². The minimum atomic E-state index is 0.414. The molecule has 82 valence electrons. The van der Waals surface area contributed by atoms with Crippen LogP contribution in [0.3, 0.4) is 0 Å². The molecule has 0 aromatic heterocycles. The summed E-state index contributed by atoms with van der Waals surface area (Å²) in [7, 11) is 1.81. The zero-order valence-corrected chi connectivity index (χ0v) is 9.49. The molecule has 0 aliphatic carbocycles. The minimum Gasteiger partial charge on any atom is -0.381 e. The number of benzene rings is 1. The molecule has 0 saturated carbocycles. The molecule has 0 bridgehead atoms. The fourth-order valence-corrected chi connectivity index (χ4v) is 2.15. The summed E-state index contributed by atoms with van der Waals surface area (Å²) in [5, 5.41) is 3.54. The van der Waals surface area contributed by atoms with E-state index in [0.717, 1.165) is 19.4 Å². The highest BCUT2D eigenvalue weighted by Gasteiger charge is 2.21. The van der Waals surface area contributed by atoms with Crippen molar-refractivity contribution in [3.8, 4) is 0 Å². The van der Waals surface area contributed by atoms with Gasteiger partial charge in [0.15, 0.2) is 0 Å². The molecule has 1 aliphatic rings. The van der Waals surface area contributed by atoms with Gasteiger partial charge in [0.2, 0.25) is 0 Å².